The molecule has 0 radical (unpaired) electrons. The number of aromatic nitrogens is 2. The molecule has 1 fully saturated rings. The van der Waals surface area contributed by atoms with Crippen molar-refractivity contribution in [3.8, 4) is 0 Å². The van der Waals surface area contributed by atoms with Crippen molar-refractivity contribution >= 4 is 17.6 Å². The first-order chi connectivity index (χ1) is 13.0. The minimum Gasteiger partial charge on any atom is -0.352 e. The molecule has 1 aromatic carbocycles. The molecule has 1 N–H and O–H groups in total. The number of guanidine groups is 1. The second-order valence-corrected chi connectivity index (χ2v) is 7.50. The van der Waals surface area contributed by atoms with Crippen LogP contribution < -0.4 is 5.32 Å². The lowest BCUT2D eigenvalue weighted by Crippen LogP contribution is -2.52. The minimum absolute atomic E-state index is 0.753. The summed E-state index contributed by atoms with van der Waals surface area (Å²) in [4.78, 5) is 9.29. The number of aryl methyl sites for hydroxylation is 2. The number of aliphatic imine (C=N–C) groups is 1. The van der Waals surface area contributed by atoms with Gasteiger partial charge in [0.1, 0.15) is 0 Å². The molecule has 3 rings (SSSR count). The Hall–Kier alpha value is -2.05. The zero-order chi connectivity index (χ0) is 19.4. The third kappa shape index (κ3) is 4.82. The van der Waals surface area contributed by atoms with Gasteiger partial charge in [0.05, 0.1) is 5.69 Å². The van der Waals surface area contributed by atoms with Gasteiger partial charge >= 0.3 is 0 Å². The summed E-state index contributed by atoms with van der Waals surface area (Å²) < 4.78 is 1.94. The Morgan fingerprint density at radius 3 is 2.37 bits per heavy atom. The van der Waals surface area contributed by atoms with E-state index in [1.165, 1.54) is 16.8 Å². The van der Waals surface area contributed by atoms with Crippen LogP contribution in [0.4, 0.5) is 0 Å². The van der Waals surface area contributed by atoms with Gasteiger partial charge < -0.3 is 10.2 Å². The van der Waals surface area contributed by atoms with Crippen LogP contribution in [0.2, 0.25) is 5.02 Å². The summed E-state index contributed by atoms with van der Waals surface area (Å²) in [6.45, 7) is 9.87. The van der Waals surface area contributed by atoms with Crippen molar-refractivity contribution in [2.24, 2.45) is 12.0 Å². The molecule has 0 saturated carbocycles. The van der Waals surface area contributed by atoms with E-state index in [0.29, 0.717) is 0 Å². The van der Waals surface area contributed by atoms with Crippen LogP contribution in [-0.2, 0) is 20.1 Å². The lowest BCUT2D eigenvalue weighted by Gasteiger charge is -2.36. The predicted octanol–water partition coefficient (Wildman–Crippen LogP) is 2.58. The zero-order valence-corrected chi connectivity index (χ0v) is 17.4. The number of hydrogen-bond donors (Lipinski definition) is 1. The van der Waals surface area contributed by atoms with Crippen molar-refractivity contribution in [2.75, 3.05) is 33.2 Å². The maximum Gasteiger partial charge on any atom is 0.194 e. The Balaban J connectivity index is 1.52. The number of nitrogens with zero attached hydrogens (tertiary/aromatic N) is 5. The molecular formula is C20H29ClN6. The maximum absolute atomic E-state index is 5.97. The van der Waals surface area contributed by atoms with Gasteiger partial charge in [-0.2, -0.15) is 5.10 Å². The quantitative estimate of drug-likeness (QED) is 0.646. The predicted molar refractivity (Wildman–Crippen MR) is 111 cm³/mol. The lowest BCUT2D eigenvalue weighted by atomic mass is 10.2. The topological polar surface area (TPSA) is 48.7 Å². The zero-order valence-electron chi connectivity index (χ0n) is 16.7. The highest BCUT2D eigenvalue weighted by Gasteiger charge is 2.20. The number of piperazine rings is 1. The summed E-state index contributed by atoms with van der Waals surface area (Å²) in [5.74, 6) is 0.962. The molecule has 1 saturated heterocycles. The van der Waals surface area contributed by atoms with Crippen LogP contribution in [0.3, 0.4) is 0 Å². The fraction of sp³-hybridized carbons (Fsp3) is 0.500. The second-order valence-electron chi connectivity index (χ2n) is 7.06. The number of hydrogen-bond acceptors (Lipinski definition) is 3. The molecule has 0 amide bonds. The first-order valence-electron chi connectivity index (χ1n) is 9.39. The molecule has 0 atom stereocenters. The highest BCUT2D eigenvalue weighted by Crippen LogP contribution is 2.14. The van der Waals surface area contributed by atoms with Gasteiger partial charge in [0.25, 0.3) is 0 Å². The molecule has 2 aromatic rings. The van der Waals surface area contributed by atoms with Gasteiger partial charge in [-0.05, 0) is 31.5 Å². The van der Waals surface area contributed by atoms with Gasteiger partial charge in [-0.25, -0.2) is 0 Å². The van der Waals surface area contributed by atoms with E-state index in [-0.39, 0.29) is 0 Å². The van der Waals surface area contributed by atoms with Crippen LogP contribution >= 0.6 is 11.6 Å². The van der Waals surface area contributed by atoms with E-state index in [2.05, 4.69) is 51.2 Å². The van der Waals surface area contributed by atoms with Gasteiger partial charge in [0.15, 0.2) is 5.96 Å². The highest BCUT2D eigenvalue weighted by atomic mass is 35.5. The van der Waals surface area contributed by atoms with Crippen molar-refractivity contribution < 1.29 is 0 Å². The Morgan fingerprint density at radius 2 is 1.81 bits per heavy atom. The minimum atomic E-state index is 0.753. The van der Waals surface area contributed by atoms with Gasteiger partial charge in [0, 0.05) is 69.6 Å². The molecule has 0 aliphatic carbocycles. The molecule has 7 heteroatoms. The summed E-state index contributed by atoms with van der Waals surface area (Å²) in [5.41, 5.74) is 4.83. The molecule has 27 heavy (non-hydrogen) atoms. The van der Waals surface area contributed by atoms with Crippen molar-refractivity contribution in [3.63, 3.8) is 0 Å². The summed E-state index contributed by atoms with van der Waals surface area (Å²) in [5, 5.41) is 8.79. The summed E-state index contributed by atoms with van der Waals surface area (Å²) in [6.07, 6.45) is 0. The standard InChI is InChI=1S/C20H29ClN6/c1-15-19(16(2)25(4)24-15)13-23-20(22-3)27-11-9-26(10-12-27)14-17-5-7-18(21)8-6-17/h5-8H,9-14H2,1-4H3,(H,22,23). The fourth-order valence-corrected chi connectivity index (χ4v) is 3.66. The molecule has 0 spiro atoms. The van der Waals surface area contributed by atoms with Gasteiger partial charge in [-0.3, -0.25) is 14.6 Å². The largest absolute Gasteiger partial charge is 0.352 e. The fourth-order valence-electron chi connectivity index (χ4n) is 3.54. The molecule has 0 unspecified atom stereocenters. The van der Waals surface area contributed by atoms with Crippen molar-refractivity contribution in [1.82, 2.24) is 24.9 Å². The van der Waals surface area contributed by atoms with E-state index >= 15 is 0 Å². The van der Waals surface area contributed by atoms with Gasteiger partial charge in [-0.1, -0.05) is 23.7 Å². The van der Waals surface area contributed by atoms with Crippen LogP contribution in [0.5, 0.6) is 0 Å². The Kier molecular flexibility index (Phi) is 6.39. The summed E-state index contributed by atoms with van der Waals surface area (Å²) in [7, 11) is 3.84. The Morgan fingerprint density at radius 1 is 1.15 bits per heavy atom. The van der Waals surface area contributed by atoms with E-state index in [1.807, 2.05) is 30.9 Å². The van der Waals surface area contributed by atoms with Gasteiger partial charge in [-0.15, -0.1) is 0 Å². The third-order valence-electron chi connectivity index (χ3n) is 5.29. The Bertz CT molecular complexity index is 788. The summed E-state index contributed by atoms with van der Waals surface area (Å²) in [6, 6.07) is 8.13. The molecule has 1 aliphatic rings. The van der Waals surface area contributed by atoms with E-state index in [9.17, 15) is 0 Å². The first-order valence-corrected chi connectivity index (χ1v) is 9.77. The molecule has 6 nitrogen and oxygen atoms in total. The van der Waals surface area contributed by atoms with E-state index < -0.39 is 0 Å². The molecular weight excluding hydrogens is 360 g/mol. The van der Waals surface area contributed by atoms with Crippen LogP contribution in [0.25, 0.3) is 0 Å². The van der Waals surface area contributed by atoms with E-state index in [1.54, 1.807) is 0 Å². The van der Waals surface area contributed by atoms with Crippen LogP contribution in [0.1, 0.15) is 22.5 Å². The molecule has 1 aliphatic heterocycles. The Labute approximate surface area is 166 Å². The average Bonchev–Trinajstić information content (AvgIpc) is 2.91. The number of halogens is 1. The molecule has 0 bridgehead atoms. The van der Waals surface area contributed by atoms with Crippen LogP contribution in [0.15, 0.2) is 29.3 Å². The van der Waals surface area contributed by atoms with E-state index in [4.69, 9.17) is 11.6 Å². The molecule has 2 heterocycles. The van der Waals surface area contributed by atoms with E-state index in [0.717, 1.165) is 55.9 Å². The number of benzene rings is 1. The lowest BCUT2D eigenvalue weighted by molar-refractivity contribution is 0.172. The van der Waals surface area contributed by atoms with Crippen molar-refractivity contribution in [1.29, 1.82) is 0 Å². The number of nitrogens with one attached hydrogen (secondary N) is 1. The SMILES string of the molecule is CN=C(NCc1c(C)nn(C)c1C)N1CCN(Cc2ccc(Cl)cc2)CC1. The summed E-state index contributed by atoms with van der Waals surface area (Å²) >= 11 is 5.97. The first kappa shape index (κ1) is 19.7. The maximum atomic E-state index is 5.97. The van der Waals surface area contributed by atoms with Crippen LogP contribution in [0, 0.1) is 13.8 Å². The van der Waals surface area contributed by atoms with Crippen molar-refractivity contribution in [2.45, 2.75) is 26.9 Å². The second kappa shape index (κ2) is 8.76. The number of rotatable bonds is 4. The van der Waals surface area contributed by atoms with Crippen molar-refractivity contribution in [3.05, 3.63) is 51.8 Å². The monoisotopic (exact) mass is 388 g/mol. The smallest absolute Gasteiger partial charge is 0.194 e. The van der Waals surface area contributed by atoms with Crippen LogP contribution in [-0.4, -0.2) is 58.8 Å². The normalized spacial score (nSPS) is 16.0. The third-order valence-corrected chi connectivity index (χ3v) is 5.54. The average molecular weight is 389 g/mol. The molecule has 1 aromatic heterocycles. The van der Waals surface area contributed by atoms with Gasteiger partial charge in [0.2, 0.25) is 0 Å². The highest BCUT2D eigenvalue weighted by molar-refractivity contribution is 6.30. The molecule has 146 valence electrons.